The molecule has 4 nitrogen and oxygen atoms in total. The Labute approximate surface area is 125 Å². The molecule has 116 valence electrons. The number of nitrogen functional groups attached to an aromatic ring is 1. The standard InChI is InChI=1S/C13H15ClF3N3O/c14-8-1-4-11(10(18)5-8)19-12(21)6-20(9-2-3-9)7-13(15,16)17/h1,4-5,9H,2-3,6-7,18H2,(H,19,21). The van der Waals surface area contributed by atoms with Gasteiger partial charge in [-0.3, -0.25) is 9.69 Å². The number of carbonyl (C=O) groups excluding carboxylic acids is 1. The molecule has 1 fully saturated rings. The van der Waals surface area contributed by atoms with Crippen molar-refractivity contribution in [2.24, 2.45) is 0 Å². The SMILES string of the molecule is Nc1cc(Cl)ccc1NC(=O)CN(CC(F)(F)F)C1CC1. The van der Waals surface area contributed by atoms with E-state index in [4.69, 9.17) is 17.3 Å². The molecule has 3 N–H and O–H groups in total. The van der Waals surface area contributed by atoms with Gasteiger partial charge in [0.05, 0.1) is 24.5 Å². The van der Waals surface area contributed by atoms with Crippen molar-refractivity contribution >= 4 is 28.9 Å². The van der Waals surface area contributed by atoms with Crippen LogP contribution in [0.1, 0.15) is 12.8 Å². The molecule has 1 aromatic carbocycles. The molecule has 0 heterocycles. The minimum Gasteiger partial charge on any atom is -0.397 e. The van der Waals surface area contributed by atoms with Crippen LogP contribution in [-0.2, 0) is 4.79 Å². The molecule has 0 aromatic heterocycles. The second kappa shape index (κ2) is 6.11. The zero-order chi connectivity index (χ0) is 15.6. The van der Waals surface area contributed by atoms with Crippen LogP contribution in [0.15, 0.2) is 18.2 Å². The van der Waals surface area contributed by atoms with Crippen LogP contribution in [0.2, 0.25) is 5.02 Å². The van der Waals surface area contributed by atoms with E-state index >= 15 is 0 Å². The zero-order valence-electron chi connectivity index (χ0n) is 11.1. The van der Waals surface area contributed by atoms with E-state index in [1.807, 2.05) is 0 Å². The van der Waals surface area contributed by atoms with Crippen LogP contribution in [0.5, 0.6) is 0 Å². The number of carbonyl (C=O) groups is 1. The lowest BCUT2D eigenvalue weighted by atomic mass is 10.2. The van der Waals surface area contributed by atoms with Crippen LogP contribution in [0.3, 0.4) is 0 Å². The Hall–Kier alpha value is -1.47. The second-order valence-electron chi connectivity index (χ2n) is 5.03. The monoisotopic (exact) mass is 321 g/mol. The summed E-state index contributed by atoms with van der Waals surface area (Å²) in [6, 6.07) is 4.36. The van der Waals surface area contributed by atoms with Gasteiger partial charge < -0.3 is 11.1 Å². The van der Waals surface area contributed by atoms with E-state index in [-0.39, 0.29) is 18.3 Å². The largest absolute Gasteiger partial charge is 0.401 e. The highest BCUT2D eigenvalue weighted by molar-refractivity contribution is 6.31. The number of nitrogens with one attached hydrogen (secondary N) is 1. The molecule has 8 heteroatoms. The van der Waals surface area contributed by atoms with Crippen molar-refractivity contribution in [3.05, 3.63) is 23.2 Å². The van der Waals surface area contributed by atoms with Gasteiger partial charge in [-0.15, -0.1) is 0 Å². The van der Waals surface area contributed by atoms with Gasteiger partial charge in [0.25, 0.3) is 0 Å². The summed E-state index contributed by atoms with van der Waals surface area (Å²) >= 11 is 5.73. The first kappa shape index (κ1) is 15.9. The van der Waals surface area contributed by atoms with Crippen molar-refractivity contribution in [1.29, 1.82) is 0 Å². The van der Waals surface area contributed by atoms with E-state index in [0.717, 1.165) is 4.90 Å². The van der Waals surface area contributed by atoms with Crippen molar-refractivity contribution in [3.63, 3.8) is 0 Å². The van der Waals surface area contributed by atoms with Gasteiger partial charge in [0.15, 0.2) is 0 Å². The minimum atomic E-state index is -4.32. The van der Waals surface area contributed by atoms with Gasteiger partial charge >= 0.3 is 6.18 Å². The molecule has 0 atom stereocenters. The van der Waals surface area contributed by atoms with Crippen LogP contribution in [0.4, 0.5) is 24.5 Å². The number of alkyl halides is 3. The first-order valence-corrected chi connectivity index (χ1v) is 6.78. The van der Waals surface area contributed by atoms with Gasteiger partial charge in [-0.1, -0.05) is 11.6 Å². The summed E-state index contributed by atoms with van der Waals surface area (Å²) in [5.41, 5.74) is 6.29. The predicted molar refractivity (Wildman–Crippen MR) is 75.1 cm³/mol. The maximum Gasteiger partial charge on any atom is 0.401 e. The first-order valence-electron chi connectivity index (χ1n) is 6.40. The molecule has 1 saturated carbocycles. The molecule has 1 amide bonds. The van der Waals surface area contributed by atoms with Gasteiger partial charge in [0, 0.05) is 11.1 Å². The van der Waals surface area contributed by atoms with Crippen molar-refractivity contribution < 1.29 is 18.0 Å². The van der Waals surface area contributed by atoms with Crippen molar-refractivity contribution in [2.75, 3.05) is 24.1 Å². The van der Waals surface area contributed by atoms with Crippen LogP contribution < -0.4 is 11.1 Å². The number of hydrogen-bond donors (Lipinski definition) is 2. The third kappa shape index (κ3) is 5.09. The summed E-state index contributed by atoms with van der Waals surface area (Å²) in [5, 5.41) is 2.92. The lowest BCUT2D eigenvalue weighted by Gasteiger charge is -2.22. The molecule has 1 aliphatic carbocycles. The van der Waals surface area contributed by atoms with E-state index in [1.165, 1.54) is 12.1 Å². The van der Waals surface area contributed by atoms with E-state index in [1.54, 1.807) is 6.07 Å². The third-order valence-electron chi connectivity index (χ3n) is 3.08. The number of nitrogens with zero attached hydrogens (tertiary/aromatic N) is 1. The summed E-state index contributed by atoms with van der Waals surface area (Å²) < 4.78 is 37.4. The molecule has 0 aliphatic heterocycles. The molecule has 0 spiro atoms. The van der Waals surface area contributed by atoms with Crippen molar-refractivity contribution in [2.45, 2.75) is 25.1 Å². The van der Waals surface area contributed by atoms with Gasteiger partial charge in [-0.25, -0.2) is 0 Å². The van der Waals surface area contributed by atoms with E-state index in [0.29, 0.717) is 23.6 Å². The average molecular weight is 322 g/mol. The fourth-order valence-electron chi connectivity index (χ4n) is 2.01. The minimum absolute atomic E-state index is 0.167. The molecule has 2 rings (SSSR count). The van der Waals surface area contributed by atoms with Crippen molar-refractivity contribution in [3.8, 4) is 0 Å². The maximum absolute atomic E-state index is 12.5. The Kier molecular flexibility index (Phi) is 4.63. The molecule has 0 unspecified atom stereocenters. The first-order chi connectivity index (χ1) is 9.74. The molecule has 0 bridgehead atoms. The number of amides is 1. The number of nitrogens with two attached hydrogens (primary N) is 1. The lowest BCUT2D eigenvalue weighted by Crippen LogP contribution is -2.41. The van der Waals surface area contributed by atoms with E-state index < -0.39 is 18.6 Å². The number of rotatable bonds is 5. The van der Waals surface area contributed by atoms with Gasteiger partial charge in [-0.2, -0.15) is 13.2 Å². The predicted octanol–water partition coefficient (Wildman–Crippen LogP) is 2.89. The summed E-state index contributed by atoms with van der Waals surface area (Å²) in [6.45, 7) is -1.40. The smallest absolute Gasteiger partial charge is 0.397 e. The molecule has 1 aliphatic rings. The Bertz CT molecular complexity index is 532. The summed E-state index contributed by atoms with van der Waals surface area (Å²) in [4.78, 5) is 13.0. The highest BCUT2D eigenvalue weighted by atomic mass is 35.5. The quantitative estimate of drug-likeness (QED) is 0.820. The topological polar surface area (TPSA) is 58.4 Å². The van der Waals surface area contributed by atoms with Crippen molar-refractivity contribution in [1.82, 2.24) is 4.90 Å². The van der Waals surface area contributed by atoms with Gasteiger partial charge in [0.1, 0.15) is 0 Å². The van der Waals surface area contributed by atoms with Gasteiger partial charge in [0.2, 0.25) is 5.91 Å². The van der Waals surface area contributed by atoms with Crippen LogP contribution >= 0.6 is 11.6 Å². The molecule has 1 aromatic rings. The van der Waals surface area contributed by atoms with E-state index in [2.05, 4.69) is 5.32 Å². The number of anilines is 2. The Morgan fingerprint density at radius 1 is 1.43 bits per heavy atom. The molecule has 0 radical (unpaired) electrons. The lowest BCUT2D eigenvalue weighted by molar-refractivity contribution is -0.149. The Morgan fingerprint density at radius 2 is 2.10 bits per heavy atom. The second-order valence-corrected chi connectivity index (χ2v) is 5.47. The highest BCUT2D eigenvalue weighted by Crippen LogP contribution is 2.30. The van der Waals surface area contributed by atoms with Crippen LogP contribution in [-0.4, -0.2) is 36.1 Å². The highest BCUT2D eigenvalue weighted by Gasteiger charge is 2.38. The van der Waals surface area contributed by atoms with E-state index in [9.17, 15) is 18.0 Å². The zero-order valence-corrected chi connectivity index (χ0v) is 11.8. The third-order valence-corrected chi connectivity index (χ3v) is 3.32. The fourth-order valence-corrected chi connectivity index (χ4v) is 2.19. The average Bonchev–Trinajstić information content (AvgIpc) is 3.14. The number of benzene rings is 1. The summed E-state index contributed by atoms with van der Waals surface area (Å²) in [7, 11) is 0. The fraction of sp³-hybridized carbons (Fsp3) is 0.462. The molecular formula is C13H15ClF3N3O. The van der Waals surface area contributed by atoms with Gasteiger partial charge in [-0.05, 0) is 31.0 Å². The Balaban J connectivity index is 1.96. The molecule has 21 heavy (non-hydrogen) atoms. The number of halogens is 4. The molecule has 0 saturated heterocycles. The summed E-state index contributed by atoms with van der Waals surface area (Å²) in [5.74, 6) is -0.528. The van der Waals surface area contributed by atoms with Crippen LogP contribution in [0, 0.1) is 0 Å². The Morgan fingerprint density at radius 3 is 2.62 bits per heavy atom. The summed E-state index contributed by atoms with van der Waals surface area (Å²) in [6.07, 6.45) is -2.94. The van der Waals surface area contributed by atoms with Crippen LogP contribution in [0.25, 0.3) is 0 Å². The normalized spacial score (nSPS) is 15.3. The molecular weight excluding hydrogens is 307 g/mol. The maximum atomic E-state index is 12.5. The number of hydrogen-bond acceptors (Lipinski definition) is 3.